The zero-order valence-corrected chi connectivity index (χ0v) is 30.5. The molecule has 0 fully saturated rings. The molecule has 41 heavy (non-hydrogen) atoms. The first-order valence-corrected chi connectivity index (χ1v) is 17.9. The van der Waals surface area contributed by atoms with Gasteiger partial charge in [-0.1, -0.05) is 194 Å². The Bertz CT molecular complexity index is 471. The first kappa shape index (κ1) is 45.7. The summed E-state index contributed by atoms with van der Waals surface area (Å²) >= 11 is 0. The van der Waals surface area contributed by atoms with E-state index >= 15 is 0 Å². The summed E-state index contributed by atoms with van der Waals surface area (Å²) in [6, 6.07) is 0. The number of hydrogen-bond donors (Lipinski definition) is 0. The van der Waals surface area contributed by atoms with Crippen molar-refractivity contribution in [3.63, 3.8) is 0 Å². The van der Waals surface area contributed by atoms with Crippen molar-refractivity contribution in [3.8, 4) is 0 Å². The molecule has 0 saturated carbocycles. The van der Waals surface area contributed by atoms with Gasteiger partial charge in [0.2, 0.25) is 0 Å². The third kappa shape index (κ3) is 40.3. The summed E-state index contributed by atoms with van der Waals surface area (Å²) < 4.78 is 5.01. The first-order chi connectivity index (χ1) is 19.2. The molecule has 0 aliphatic carbocycles. The molecule has 0 aromatic carbocycles. The number of carbonyl (C=O) groups excluding carboxylic acids is 2. The topological polar surface area (TPSA) is 43.4 Å². The van der Waals surface area contributed by atoms with Gasteiger partial charge in [-0.15, -0.1) is 0 Å². The third-order valence-electron chi connectivity index (χ3n) is 8.20. The molecule has 0 saturated heterocycles. The Hall–Kier alpha value is 0.296. The Labute approximate surface area is 281 Å². The fourth-order valence-corrected chi connectivity index (χ4v) is 5.51. The maximum absolute atomic E-state index is 11.9. The van der Waals surface area contributed by atoms with Crippen molar-refractivity contribution in [1.29, 1.82) is 0 Å². The molecule has 0 bridgehead atoms. The van der Waals surface area contributed by atoms with E-state index in [2.05, 4.69) is 13.8 Å². The van der Waals surface area contributed by atoms with Crippen LogP contribution in [-0.4, -0.2) is 29.3 Å². The molecule has 0 aromatic rings. The second-order valence-electron chi connectivity index (χ2n) is 12.2. The van der Waals surface area contributed by atoms with Crippen LogP contribution in [0, 0.1) is 0 Å². The van der Waals surface area contributed by atoms with E-state index in [0.717, 1.165) is 25.7 Å². The molecule has 5 heteroatoms. The number of unbranched alkanes of at least 4 members (excludes halogenated alkanes) is 28. The molecule has 0 aliphatic heterocycles. The van der Waals surface area contributed by atoms with Crippen LogP contribution in [0.5, 0.6) is 0 Å². The summed E-state index contributed by atoms with van der Waals surface area (Å²) in [5.74, 6) is -0.647. The molecule has 0 unspecified atom stereocenters. The monoisotopic (exact) mass is 644 g/mol. The smallest absolute Gasteiger partial charge is 0.313 e. The first-order valence-electron chi connectivity index (χ1n) is 17.9. The van der Waals surface area contributed by atoms with Crippen LogP contribution in [-0.2, 0) is 33.8 Å². The summed E-state index contributed by atoms with van der Waals surface area (Å²) in [4.78, 5) is 23.8. The molecular weight excluding hydrogens is 573 g/mol. The Morgan fingerprint density at radius 3 is 0.707 bits per heavy atom. The van der Waals surface area contributed by atoms with Crippen molar-refractivity contribution in [2.24, 2.45) is 0 Å². The van der Waals surface area contributed by atoms with Crippen molar-refractivity contribution in [1.82, 2.24) is 0 Å². The summed E-state index contributed by atoms with van der Waals surface area (Å²) in [6.07, 6.45) is 40.1. The van der Waals surface area contributed by atoms with E-state index in [1.54, 1.807) is 0 Å². The largest absolute Gasteiger partial charge is 0.393 e. The van der Waals surface area contributed by atoms with Gasteiger partial charge in [0, 0.05) is 32.3 Å². The fraction of sp³-hybridized carbons (Fsp3) is 0.944. The predicted octanol–water partition coefficient (Wildman–Crippen LogP) is 11.4. The molecule has 0 amide bonds. The molecule has 0 heterocycles. The summed E-state index contributed by atoms with van der Waals surface area (Å²) in [5.41, 5.74) is 0. The maximum atomic E-state index is 11.9. The van der Waals surface area contributed by atoms with Gasteiger partial charge in [-0.05, 0) is 12.8 Å². The molecule has 0 radical (unpaired) electrons. The molecule has 0 aromatic heterocycles. The van der Waals surface area contributed by atoms with Gasteiger partial charge in [0.05, 0.1) is 0 Å². The molecule has 3 nitrogen and oxygen atoms in total. The van der Waals surface area contributed by atoms with Gasteiger partial charge in [0.15, 0.2) is 17.4 Å². The second kappa shape index (κ2) is 40.3. The van der Waals surface area contributed by atoms with Gasteiger partial charge in [-0.3, -0.25) is 9.59 Å². The van der Waals surface area contributed by atoms with Crippen LogP contribution in [0.1, 0.15) is 219 Å². The maximum Gasteiger partial charge on any atom is 0.313 e. The van der Waals surface area contributed by atoms with E-state index in [4.69, 9.17) is 4.74 Å². The van der Waals surface area contributed by atoms with Crippen molar-refractivity contribution in [2.75, 3.05) is 0 Å². The molecule has 0 atom stereocenters. The summed E-state index contributed by atoms with van der Waals surface area (Å²) in [5, 5.41) is 0. The van der Waals surface area contributed by atoms with E-state index in [-0.39, 0.29) is 48.8 Å². The molecular formula is C36H73AlO3Zn. The molecule has 0 rings (SSSR count). The summed E-state index contributed by atoms with van der Waals surface area (Å²) in [6.45, 7) is 4.55. The SMILES string of the molecule is CCCCCCCCCCCCCCCCCC(=O)OC(=O)CCCCCCCCCCCCCCCCC.[AlH3].[Zn]. The van der Waals surface area contributed by atoms with E-state index in [0.29, 0.717) is 12.8 Å². The zero-order chi connectivity index (χ0) is 28.5. The third-order valence-corrected chi connectivity index (χ3v) is 8.20. The Morgan fingerprint density at radius 1 is 0.341 bits per heavy atom. The van der Waals surface area contributed by atoms with E-state index in [1.165, 1.54) is 167 Å². The minimum atomic E-state index is -0.323. The number of rotatable bonds is 32. The van der Waals surface area contributed by atoms with Crippen LogP contribution < -0.4 is 0 Å². The Morgan fingerprint density at radius 2 is 0.512 bits per heavy atom. The van der Waals surface area contributed by atoms with Crippen LogP contribution in [0.15, 0.2) is 0 Å². The van der Waals surface area contributed by atoms with Crippen LogP contribution in [0.2, 0.25) is 0 Å². The van der Waals surface area contributed by atoms with Crippen molar-refractivity contribution >= 4 is 29.3 Å². The quantitative estimate of drug-likeness (QED) is 0.0316. The second-order valence-corrected chi connectivity index (χ2v) is 12.2. The molecule has 0 N–H and O–H groups in total. The predicted molar refractivity (Wildman–Crippen MR) is 180 cm³/mol. The Balaban J connectivity index is -0.00000722. The number of esters is 2. The van der Waals surface area contributed by atoms with Gasteiger partial charge >= 0.3 is 11.9 Å². The molecule has 240 valence electrons. The summed E-state index contributed by atoms with van der Waals surface area (Å²) in [7, 11) is 0. The van der Waals surface area contributed by atoms with Gasteiger partial charge in [-0.25, -0.2) is 0 Å². The van der Waals surface area contributed by atoms with Crippen molar-refractivity contribution in [2.45, 2.75) is 219 Å². The zero-order valence-electron chi connectivity index (χ0n) is 27.6. The fourth-order valence-electron chi connectivity index (χ4n) is 5.51. The van der Waals surface area contributed by atoms with Gasteiger partial charge in [0.1, 0.15) is 0 Å². The minimum absolute atomic E-state index is 0. The standard InChI is InChI=1S/C36H70O3.Al.Zn.3H/c1-3-5-7-9-11-13-15-17-19-21-23-25-27-29-31-33-35(37)39-36(38)34-32-30-28-26-24-22-20-18-16-14-12-10-8-6-4-2;;;;;/h3-34H2,1-2H3;;;;;. The van der Waals surface area contributed by atoms with Gasteiger partial charge < -0.3 is 4.74 Å². The normalized spacial score (nSPS) is 10.7. The average molecular weight is 646 g/mol. The van der Waals surface area contributed by atoms with Crippen LogP contribution in [0.3, 0.4) is 0 Å². The van der Waals surface area contributed by atoms with Crippen LogP contribution in [0.4, 0.5) is 0 Å². The van der Waals surface area contributed by atoms with Crippen LogP contribution in [0.25, 0.3) is 0 Å². The van der Waals surface area contributed by atoms with Gasteiger partial charge in [0.25, 0.3) is 0 Å². The molecule has 0 spiro atoms. The number of hydrogen-bond acceptors (Lipinski definition) is 3. The Kier molecular flexibility index (Phi) is 44.9. The number of ether oxygens (including phenoxy) is 1. The van der Waals surface area contributed by atoms with E-state index < -0.39 is 0 Å². The molecule has 0 aliphatic rings. The van der Waals surface area contributed by atoms with E-state index in [9.17, 15) is 9.59 Å². The van der Waals surface area contributed by atoms with Crippen LogP contribution >= 0.6 is 0 Å². The minimum Gasteiger partial charge on any atom is -0.393 e. The van der Waals surface area contributed by atoms with Crippen molar-refractivity contribution in [3.05, 3.63) is 0 Å². The average Bonchev–Trinajstić information content (AvgIpc) is 2.93. The van der Waals surface area contributed by atoms with Gasteiger partial charge in [-0.2, -0.15) is 0 Å². The van der Waals surface area contributed by atoms with Crippen molar-refractivity contribution < 1.29 is 33.8 Å². The number of carbonyl (C=O) groups is 2. The van der Waals surface area contributed by atoms with E-state index in [1.807, 2.05) is 0 Å².